The second-order valence-electron chi connectivity index (χ2n) is 8.81. The molecule has 0 spiro atoms. The lowest BCUT2D eigenvalue weighted by molar-refractivity contribution is -0.161. The minimum atomic E-state index is -3.05. The van der Waals surface area contributed by atoms with E-state index in [0.29, 0.717) is 19.4 Å². The fourth-order valence-corrected chi connectivity index (χ4v) is 4.79. The lowest BCUT2D eigenvalue weighted by atomic mass is 9.78. The first-order valence-electron chi connectivity index (χ1n) is 11.8. The summed E-state index contributed by atoms with van der Waals surface area (Å²) in [7, 11) is 0. The molecule has 3 atom stereocenters. The molecule has 9 heteroatoms. The first-order valence-corrected chi connectivity index (χ1v) is 11.8. The van der Waals surface area contributed by atoms with Gasteiger partial charge in [0.25, 0.3) is 5.91 Å². The normalized spacial score (nSPS) is 20.2. The van der Waals surface area contributed by atoms with Gasteiger partial charge in [-0.15, -0.1) is 0 Å². The molecule has 0 radical (unpaired) electrons. The van der Waals surface area contributed by atoms with E-state index in [4.69, 9.17) is 4.74 Å². The van der Waals surface area contributed by atoms with Gasteiger partial charge in [-0.2, -0.15) is 8.78 Å². The number of para-hydroxylation sites is 3. The Morgan fingerprint density at radius 1 is 1.00 bits per heavy atom. The highest BCUT2D eigenvalue weighted by atomic mass is 19.3. The third kappa shape index (κ3) is 5.61. The molecule has 1 aliphatic heterocycles. The van der Waals surface area contributed by atoms with E-state index in [9.17, 15) is 23.2 Å². The molecule has 0 saturated heterocycles. The van der Waals surface area contributed by atoms with E-state index >= 15 is 0 Å². The molecule has 2 aromatic carbocycles. The van der Waals surface area contributed by atoms with Crippen molar-refractivity contribution >= 4 is 29.2 Å². The Kier molecular flexibility index (Phi) is 7.63. The molecule has 3 unspecified atom stereocenters. The number of carbonyl (C=O) groups is 3. The van der Waals surface area contributed by atoms with Gasteiger partial charge >= 0.3 is 12.6 Å². The summed E-state index contributed by atoms with van der Waals surface area (Å²) in [5.41, 5.74) is 2.03. The van der Waals surface area contributed by atoms with Gasteiger partial charge in [-0.25, -0.2) is 0 Å². The summed E-state index contributed by atoms with van der Waals surface area (Å²) in [6.45, 7) is -1.07. The predicted molar refractivity (Wildman–Crippen MR) is 125 cm³/mol. The fraction of sp³-hybridized carbons (Fsp3) is 0.423. The Bertz CT molecular complexity index is 1090. The van der Waals surface area contributed by atoms with Crippen molar-refractivity contribution in [3.8, 4) is 5.75 Å². The van der Waals surface area contributed by atoms with Gasteiger partial charge in [0.05, 0.1) is 17.5 Å². The predicted octanol–water partition coefficient (Wildman–Crippen LogP) is 4.55. The van der Waals surface area contributed by atoms with Crippen LogP contribution in [-0.4, -0.2) is 37.0 Å². The monoisotopic (exact) mass is 486 g/mol. The quantitative estimate of drug-likeness (QED) is 0.581. The molecular formula is C26H28F2N2O5. The van der Waals surface area contributed by atoms with Gasteiger partial charge in [0.1, 0.15) is 5.75 Å². The second-order valence-corrected chi connectivity index (χ2v) is 8.81. The number of fused-ring (bicyclic) bond motifs is 1. The Morgan fingerprint density at radius 2 is 1.69 bits per heavy atom. The average molecular weight is 487 g/mol. The first-order chi connectivity index (χ1) is 16.8. The van der Waals surface area contributed by atoms with E-state index in [-0.39, 0.29) is 17.3 Å². The van der Waals surface area contributed by atoms with Gasteiger partial charge < -0.3 is 19.7 Å². The number of amides is 2. The maximum Gasteiger partial charge on any atom is 0.387 e. The zero-order valence-corrected chi connectivity index (χ0v) is 19.4. The lowest BCUT2D eigenvalue weighted by Crippen LogP contribution is -2.43. The summed E-state index contributed by atoms with van der Waals surface area (Å²) >= 11 is 0. The SMILES string of the molecule is CC(OC(=O)C1CCCCC1C(=O)N1CCc2ccccc21)C(=O)Nc1ccccc1OC(F)F. The number of halogens is 2. The summed E-state index contributed by atoms with van der Waals surface area (Å²) in [5, 5.41) is 2.46. The smallest absolute Gasteiger partial charge is 0.387 e. The summed E-state index contributed by atoms with van der Waals surface area (Å²) in [6, 6.07) is 13.5. The minimum Gasteiger partial charge on any atom is -0.452 e. The van der Waals surface area contributed by atoms with E-state index in [0.717, 1.165) is 30.5 Å². The number of hydrogen-bond donors (Lipinski definition) is 1. The van der Waals surface area contributed by atoms with Crippen LogP contribution in [0.5, 0.6) is 5.75 Å². The van der Waals surface area contributed by atoms with Crippen molar-refractivity contribution in [2.45, 2.75) is 51.7 Å². The van der Waals surface area contributed by atoms with Crippen LogP contribution in [0.15, 0.2) is 48.5 Å². The van der Waals surface area contributed by atoms with Crippen LogP contribution in [0.2, 0.25) is 0 Å². The van der Waals surface area contributed by atoms with Crippen molar-refractivity contribution in [3.05, 3.63) is 54.1 Å². The number of benzene rings is 2. The van der Waals surface area contributed by atoms with Crippen LogP contribution < -0.4 is 15.0 Å². The molecule has 2 aromatic rings. The Hall–Kier alpha value is -3.49. The number of anilines is 2. The van der Waals surface area contributed by atoms with Crippen molar-refractivity contribution in [2.24, 2.45) is 11.8 Å². The number of nitrogens with one attached hydrogen (secondary N) is 1. The molecule has 1 heterocycles. The molecule has 2 amide bonds. The molecule has 7 nitrogen and oxygen atoms in total. The number of alkyl halides is 2. The summed E-state index contributed by atoms with van der Waals surface area (Å²) < 4.78 is 35.1. The van der Waals surface area contributed by atoms with Crippen LogP contribution in [-0.2, 0) is 25.5 Å². The maximum atomic E-state index is 13.4. The van der Waals surface area contributed by atoms with Crippen LogP contribution in [0.4, 0.5) is 20.2 Å². The lowest BCUT2D eigenvalue weighted by Gasteiger charge is -2.32. The number of rotatable bonds is 7. The van der Waals surface area contributed by atoms with Gasteiger partial charge in [0.15, 0.2) is 6.10 Å². The van der Waals surface area contributed by atoms with Gasteiger partial charge in [-0.05, 0) is 49.9 Å². The van der Waals surface area contributed by atoms with Gasteiger partial charge in [0, 0.05) is 12.2 Å². The van der Waals surface area contributed by atoms with E-state index < -0.39 is 36.4 Å². The molecule has 186 valence electrons. The van der Waals surface area contributed by atoms with Crippen molar-refractivity contribution in [2.75, 3.05) is 16.8 Å². The van der Waals surface area contributed by atoms with Gasteiger partial charge in [0.2, 0.25) is 5.91 Å². The topological polar surface area (TPSA) is 84.9 Å². The van der Waals surface area contributed by atoms with Crippen molar-refractivity contribution in [1.29, 1.82) is 0 Å². The van der Waals surface area contributed by atoms with E-state index in [2.05, 4.69) is 10.1 Å². The van der Waals surface area contributed by atoms with Crippen LogP contribution in [0, 0.1) is 11.8 Å². The van der Waals surface area contributed by atoms with Crippen LogP contribution in [0.25, 0.3) is 0 Å². The standard InChI is InChI=1S/C26H28F2N2O5/c1-16(23(31)29-20-11-5-7-13-22(20)35-26(27)28)34-25(33)19-10-4-3-9-18(19)24(32)30-15-14-17-8-2-6-12-21(17)30/h2,5-8,11-13,16,18-19,26H,3-4,9-10,14-15H2,1H3,(H,29,31). The van der Waals surface area contributed by atoms with Crippen molar-refractivity contribution in [1.82, 2.24) is 0 Å². The fourth-order valence-electron chi connectivity index (χ4n) is 4.79. The third-order valence-corrected chi connectivity index (χ3v) is 6.56. The summed E-state index contributed by atoms with van der Waals surface area (Å²) in [5.74, 6) is -2.73. The van der Waals surface area contributed by atoms with E-state index in [1.54, 1.807) is 11.0 Å². The van der Waals surface area contributed by atoms with Crippen LogP contribution in [0.3, 0.4) is 0 Å². The van der Waals surface area contributed by atoms with Crippen molar-refractivity contribution in [3.63, 3.8) is 0 Å². The zero-order chi connectivity index (χ0) is 24.9. The molecule has 4 rings (SSSR count). The largest absolute Gasteiger partial charge is 0.452 e. The Labute approximate surface area is 202 Å². The molecular weight excluding hydrogens is 458 g/mol. The van der Waals surface area contributed by atoms with Crippen LogP contribution in [0.1, 0.15) is 38.2 Å². The highest BCUT2D eigenvalue weighted by molar-refractivity contribution is 6.00. The number of carbonyl (C=O) groups excluding carboxylic acids is 3. The molecule has 0 aromatic heterocycles. The summed E-state index contributed by atoms with van der Waals surface area (Å²) in [4.78, 5) is 40.9. The maximum absolute atomic E-state index is 13.4. The number of nitrogens with zero attached hydrogens (tertiary/aromatic N) is 1. The van der Waals surface area contributed by atoms with E-state index in [1.807, 2.05) is 24.3 Å². The second kappa shape index (κ2) is 10.8. The number of ether oxygens (including phenoxy) is 2. The molecule has 1 fully saturated rings. The Morgan fingerprint density at radius 3 is 2.46 bits per heavy atom. The first kappa shape index (κ1) is 24.6. The Balaban J connectivity index is 1.41. The zero-order valence-electron chi connectivity index (χ0n) is 19.4. The van der Waals surface area contributed by atoms with Gasteiger partial charge in [-0.3, -0.25) is 14.4 Å². The van der Waals surface area contributed by atoms with E-state index in [1.165, 1.54) is 25.1 Å². The highest BCUT2D eigenvalue weighted by Gasteiger charge is 2.41. The molecule has 0 bridgehead atoms. The molecule has 35 heavy (non-hydrogen) atoms. The summed E-state index contributed by atoms with van der Waals surface area (Å²) in [6.07, 6.45) is 2.30. The highest BCUT2D eigenvalue weighted by Crippen LogP contribution is 2.36. The van der Waals surface area contributed by atoms with Crippen LogP contribution >= 0.6 is 0 Å². The van der Waals surface area contributed by atoms with Gasteiger partial charge in [-0.1, -0.05) is 43.2 Å². The third-order valence-electron chi connectivity index (χ3n) is 6.56. The molecule has 1 saturated carbocycles. The molecule has 1 aliphatic carbocycles. The van der Waals surface area contributed by atoms with Crippen molar-refractivity contribution < 1.29 is 32.6 Å². The molecule has 2 aliphatic rings. The number of hydrogen-bond acceptors (Lipinski definition) is 5. The average Bonchev–Trinajstić information content (AvgIpc) is 3.28. The molecule has 1 N–H and O–H groups in total. The number of esters is 1. The minimum absolute atomic E-state index is 0.0409.